The predicted octanol–water partition coefficient (Wildman–Crippen LogP) is 10.8. The third-order valence-corrected chi connectivity index (χ3v) is 9.66. The predicted molar refractivity (Wildman–Crippen MR) is 205 cm³/mol. The number of nitrogens with zero attached hydrogens (tertiary/aromatic N) is 3. The maximum Gasteiger partial charge on any atom is 0.159 e. The van der Waals surface area contributed by atoms with Gasteiger partial charge in [0.2, 0.25) is 0 Å². The van der Waals surface area contributed by atoms with Crippen molar-refractivity contribution in [1.29, 1.82) is 0 Å². The van der Waals surface area contributed by atoms with Gasteiger partial charge in [-0.15, -0.1) is 0 Å². The molecule has 0 spiro atoms. The highest BCUT2D eigenvalue weighted by molar-refractivity contribution is 6.17. The lowest BCUT2D eigenvalue weighted by molar-refractivity contribution is 0.666. The molecule has 0 saturated heterocycles. The van der Waals surface area contributed by atoms with Crippen LogP contribution in [0.25, 0.3) is 60.6 Å². The number of rotatable bonds is 5. The van der Waals surface area contributed by atoms with Gasteiger partial charge in [-0.2, -0.15) is 0 Å². The van der Waals surface area contributed by atoms with Crippen LogP contribution < -0.4 is 5.32 Å². The first-order valence-electron chi connectivity index (χ1n) is 16.9. The SMILES string of the molecule is c1ccc(C2=NC(c3ccccc3)NC(c3ccc4c(c3)oc3cccc(-n5c6ccccc6c6ccc(-c7ccccc7)cc65)c34)=N2)cc1. The number of aromatic nitrogens is 1. The summed E-state index contributed by atoms with van der Waals surface area (Å²) in [4.78, 5) is 10.0. The standard InChI is InChI=1S/C45H30N4O/c1-4-13-29(14-5-1)32-23-25-35-34-19-10-11-20-37(34)49(39(35)27-32)38-21-12-22-40-42(38)36-26-24-33(28-41(36)50-40)45-47-43(30-15-6-2-7-16-30)46-44(48-45)31-17-8-3-9-18-31/h1-28,43H,(H,46,47,48). The second-order valence-corrected chi connectivity index (χ2v) is 12.7. The Labute approximate surface area is 288 Å². The van der Waals surface area contributed by atoms with Gasteiger partial charge in [0.05, 0.1) is 22.1 Å². The van der Waals surface area contributed by atoms with E-state index in [1.165, 1.54) is 21.9 Å². The number of para-hydroxylation sites is 1. The zero-order valence-corrected chi connectivity index (χ0v) is 27.0. The highest BCUT2D eigenvalue weighted by Gasteiger charge is 2.23. The van der Waals surface area contributed by atoms with Crippen LogP contribution in [0.2, 0.25) is 0 Å². The molecule has 2 aromatic heterocycles. The van der Waals surface area contributed by atoms with Gasteiger partial charge in [-0.05, 0) is 53.1 Å². The van der Waals surface area contributed by atoms with E-state index in [-0.39, 0.29) is 6.17 Å². The summed E-state index contributed by atoms with van der Waals surface area (Å²) in [6, 6.07) is 59.2. The van der Waals surface area contributed by atoms with Crippen molar-refractivity contribution < 1.29 is 4.42 Å². The minimum atomic E-state index is -0.270. The van der Waals surface area contributed by atoms with Gasteiger partial charge in [-0.3, -0.25) is 0 Å². The Morgan fingerprint density at radius 2 is 1.18 bits per heavy atom. The molecule has 1 aliphatic rings. The molecule has 0 aliphatic carbocycles. The van der Waals surface area contributed by atoms with Gasteiger partial charge in [-0.1, -0.05) is 133 Å². The lowest BCUT2D eigenvalue weighted by Gasteiger charge is -2.23. The Hall–Kier alpha value is -6.72. The Morgan fingerprint density at radius 3 is 2.00 bits per heavy atom. The van der Waals surface area contributed by atoms with E-state index >= 15 is 0 Å². The van der Waals surface area contributed by atoms with E-state index in [4.69, 9.17) is 14.4 Å². The molecular weight excluding hydrogens is 613 g/mol. The first-order valence-corrected chi connectivity index (χ1v) is 16.9. The van der Waals surface area contributed by atoms with Crippen LogP contribution in [0.3, 0.4) is 0 Å². The van der Waals surface area contributed by atoms with Gasteiger partial charge in [0, 0.05) is 27.3 Å². The number of furan rings is 1. The zero-order chi connectivity index (χ0) is 33.0. The molecule has 0 amide bonds. The van der Waals surface area contributed by atoms with Crippen molar-refractivity contribution in [3.8, 4) is 16.8 Å². The Kier molecular flexibility index (Phi) is 6.49. The van der Waals surface area contributed by atoms with Crippen LogP contribution in [0.15, 0.2) is 184 Å². The molecule has 0 saturated carbocycles. The molecule has 5 nitrogen and oxygen atoms in total. The van der Waals surface area contributed by atoms with E-state index in [9.17, 15) is 0 Å². The molecular formula is C45H30N4O. The van der Waals surface area contributed by atoms with E-state index in [2.05, 4.69) is 143 Å². The highest BCUT2D eigenvalue weighted by atomic mass is 16.3. The molecule has 1 atom stereocenters. The molecule has 1 N–H and O–H groups in total. The van der Waals surface area contributed by atoms with E-state index in [1.807, 2.05) is 36.4 Å². The summed E-state index contributed by atoms with van der Waals surface area (Å²) in [5.74, 6) is 1.45. The zero-order valence-electron chi connectivity index (χ0n) is 27.0. The maximum absolute atomic E-state index is 6.64. The average Bonchev–Trinajstić information content (AvgIpc) is 3.74. The smallest absolute Gasteiger partial charge is 0.159 e. The first-order chi connectivity index (χ1) is 24.8. The van der Waals surface area contributed by atoms with Crippen molar-refractivity contribution in [3.63, 3.8) is 0 Å². The fraction of sp³-hybridized carbons (Fsp3) is 0.0222. The molecule has 0 radical (unpaired) electrons. The second-order valence-electron chi connectivity index (χ2n) is 12.7. The third-order valence-electron chi connectivity index (χ3n) is 9.66. The summed E-state index contributed by atoms with van der Waals surface area (Å²) in [5, 5.41) is 8.17. The van der Waals surface area contributed by atoms with Crippen molar-refractivity contribution in [2.24, 2.45) is 9.98 Å². The minimum Gasteiger partial charge on any atom is -0.456 e. The second kappa shape index (κ2) is 11.5. The fourth-order valence-corrected chi connectivity index (χ4v) is 7.30. The molecule has 1 aliphatic heterocycles. The third kappa shape index (κ3) is 4.63. The Bertz CT molecular complexity index is 2780. The molecule has 0 bridgehead atoms. The highest BCUT2D eigenvalue weighted by Crippen LogP contribution is 2.40. The van der Waals surface area contributed by atoms with Gasteiger partial charge in [0.25, 0.3) is 0 Å². The van der Waals surface area contributed by atoms with Crippen LogP contribution in [-0.2, 0) is 0 Å². The maximum atomic E-state index is 6.64. The summed E-state index contributed by atoms with van der Waals surface area (Å²) in [5.41, 5.74) is 10.4. The molecule has 5 heteroatoms. The van der Waals surface area contributed by atoms with Crippen LogP contribution in [-0.4, -0.2) is 16.2 Å². The van der Waals surface area contributed by atoms with Crippen LogP contribution in [0, 0.1) is 0 Å². The number of fused-ring (bicyclic) bond motifs is 6. The molecule has 7 aromatic carbocycles. The van der Waals surface area contributed by atoms with Crippen molar-refractivity contribution >= 4 is 55.4 Å². The van der Waals surface area contributed by atoms with E-state index < -0.39 is 0 Å². The van der Waals surface area contributed by atoms with Gasteiger partial charge in [0.15, 0.2) is 5.84 Å². The number of aliphatic imine (C=N–C) groups is 2. The van der Waals surface area contributed by atoms with Crippen LogP contribution in [0.1, 0.15) is 22.9 Å². The monoisotopic (exact) mass is 642 g/mol. The molecule has 0 fully saturated rings. The summed E-state index contributed by atoms with van der Waals surface area (Å²) in [7, 11) is 0. The topological polar surface area (TPSA) is 54.8 Å². The van der Waals surface area contributed by atoms with Crippen LogP contribution >= 0.6 is 0 Å². The molecule has 9 aromatic rings. The number of nitrogens with one attached hydrogen (secondary N) is 1. The number of hydrogen-bond acceptors (Lipinski definition) is 4. The lowest BCUT2D eigenvalue weighted by atomic mass is 10.0. The van der Waals surface area contributed by atoms with Crippen molar-refractivity contribution in [3.05, 3.63) is 187 Å². The van der Waals surface area contributed by atoms with Crippen molar-refractivity contribution in [1.82, 2.24) is 9.88 Å². The Balaban J connectivity index is 1.14. The number of benzene rings is 7. The van der Waals surface area contributed by atoms with Gasteiger partial charge in [-0.25, -0.2) is 9.98 Å². The molecule has 50 heavy (non-hydrogen) atoms. The van der Waals surface area contributed by atoms with Crippen molar-refractivity contribution in [2.75, 3.05) is 0 Å². The number of amidine groups is 2. The molecule has 3 heterocycles. The minimum absolute atomic E-state index is 0.270. The quantitative estimate of drug-likeness (QED) is 0.203. The summed E-state index contributed by atoms with van der Waals surface area (Å²) >= 11 is 0. The van der Waals surface area contributed by atoms with Gasteiger partial charge >= 0.3 is 0 Å². The molecule has 1 unspecified atom stereocenters. The van der Waals surface area contributed by atoms with E-state index in [1.54, 1.807) is 0 Å². The largest absolute Gasteiger partial charge is 0.456 e. The van der Waals surface area contributed by atoms with Gasteiger partial charge in [0.1, 0.15) is 23.2 Å². The summed E-state index contributed by atoms with van der Waals surface area (Å²) in [6.07, 6.45) is -0.270. The fourth-order valence-electron chi connectivity index (χ4n) is 7.30. The Morgan fingerprint density at radius 1 is 0.500 bits per heavy atom. The van der Waals surface area contributed by atoms with E-state index in [0.29, 0.717) is 5.84 Å². The van der Waals surface area contributed by atoms with Crippen LogP contribution in [0.4, 0.5) is 0 Å². The van der Waals surface area contributed by atoms with E-state index in [0.717, 1.165) is 61.2 Å². The summed E-state index contributed by atoms with van der Waals surface area (Å²) < 4.78 is 9.03. The molecule has 236 valence electrons. The summed E-state index contributed by atoms with van der Waals surface area (Å²) in [6.45, 7) is 0. The van der Waals surface area contributed by atoms with Crippen molar-refractivity contribution in [2.45, 2.75) is 6.17 Å². The normalized spacial score (nSPS) is 14.6. The first kappa shape index (κ1) is 28.3. The van der Waals surface area contributed by atoms with Crippen LogP contribution in [0.5, 0.6) is 0 Å². The molecule has 10 rings (SSSR count). The lowest BCUT2D eigenvalue weighted by Crippen LogP contribution is -2.33. The average molecular weight is 643 g/mol. The number of hydrogen-bond donors (Lipinski definition) is 1. The van der Waals surface area contributed by atoms with Gasteiger partial charge < -0.3 is 14.3 Å².